The second-order valence-electron chi connectivity index (χ2n) is 8.83. The summed E-state index contributed by atoms with van der Waals surface area (Å²) in [4.78, 5) is 27.0. The smallest absolute Gasteiger partial charge is 0.255 e. The molecule has 0 bridgehead atoms. The van der Waals surface area contributed by atoms with Gasteiger partial charge in [0.25, 0.3) is 11.8 Å². The van der Waals surface area contributed by atoms with Crippen molar-refractivity contribution in [2.24, 2.45) is 5.92 Å². The molecule has 1 saturated heterocycles. The molecule has 2 amide bonds. The average Bonchev–Trinajstić information content (AvgIpc) is 2.68. The molecule has 1 aliphatic heterocycles. The summed E-state index contributed by atoms with van der Waals surface area (Å²) in [5, 5.41) is 2.90. The molecule has 1 N–H and O–H groups in total. The Kier molecular flexibility index (Phi) is 5.87. The Bertz CT molecular complexity index is 824. The lowest BCUT2D eigenvalue weighted by Crippen LogP contribution is -2.37. The number of carbonyl (C=O) groups is 2. The van der Waals surface area contributed by atoms with Crippen molar-refractivity contribution in [3.8, 4) is 0 Å². The minimum atomic E-state index is -0.149. The monoisotopic (exact) mass is 378 g/mol. The van der Waals surface area contributed by atoms with Crippen molar-refractivity contribution in [3.63, 3.8) is 0 Å². The number of amides is 2. The van der Waals surface area contributed by atoms with Gasteiger partial charge >= 0.3 is 0 Å². The van der Waals surface area contributed by atoms with Crippen LogP contribution in [0.2, 0.25) is 0 Å². The van der Waals surface area contributed by atoms with Gasteiger partial charge in [-0.3, -0.25) is 9.59 Å². The molecule has 4 heteroatoms. The fourth-order valence-electron chi connectivity index (χ4n) is 3.42. The maximum absolute atomic E-state index is 12.6. The van der Waals surface area contributed by atoms with Gasteiger partial charge in [-0.2, -0.15) is 0 Å². The molecule has 1 heterocycles. The van der Waals surface area contributed by atoms with Gasteiger partial charge in [0.1, 0.15) is 0 Å². The lowest BCUT2D eigenvalue weighted by Gasteiger charge is -2.30. The number of anilines is 1. The largest absolute Gasteiger partial charge is 0.339 e. The van der Waals surface area contributed by atoms with Crippen LogP contribution < -0.4 is 5.32 Å². The normalized spacial score (nSPS) is 15.4. The van der Waals surface area contributed by atoms with Gasteiger partial charge in [0.05, 0.1) is 0 Å². The highest BCUT2D eigenvalue weighted by molar-refractivity contribution is 6.04. The van der Waals surface area contributed by atoms with Crippen LogP contribution in [0.5, 0.6) is 0 Å². The maximum Gasteiger partial charge on any atom is 0.255 e. The number of likely N-dealkylation sites (tertiary alicyclic amines) is 1. The number of carbonyl (C=O) groups excluding carboxylic acids is 2. The highest BCUT2D eigenvalue weighted by Crippen LogP contribution is 2.23. The molecule has 1 fully saturated rings. The van der Waals surface area contributed by atoms with Crippen LogP contribution in [-0.2, 0) is 5.41 Å². The lowest BCUT2D eigenvalue weighted by molar-refractivity contribution is 0.0697. The first-order valence-corrected chi connectivity index (χ1v) is 10.1. The summed E-state index contributed by atoms with van der Waals surface area (Å²) in [6.07, 6.45) is 2.13. The number of nitrogens with zero attached hydrogens (tertiary/aromatic N) is 1. The Balaban J connectivity index is 1.62. The number of piperidine rings is 1. The fraction of sp³-hybridized carbons (Fsp3) is 0.417. The van der Waals surface area contributed by atoms with Crippen LogP contribution in [0.15, 0.2) is 48.5 Å². The molecule has 2 aromatic rings. The van der Waals surface area contributed by atoms with Crippen LogP contribution in [0.1, 0.15) is 66.8 Å². The molecule has 0 unspecified atom stereocenters. The SMILES string of the molecule is CC1CCN(C(=O)c2ccc(NC(=O)c3ccc(C(C)(C)C)cc3)cc2)CC1. The summed E-state index contributed by atoms with van der Waals surface area (Å²) < 4.78 is 0. The summed E-state index contributed by atoms with van der Waals surface area (Å²) in [5.74, 6) is 0.617. The highest BCUT2D eigenvalue weighted by atomic mass is 16.2. The standard InChI is InChI=1S/C24H30N2O2/c1-17-13-15-26(16-14-17)23(28)19-7-11-21(12-8-19)25-22(27)18-5-9-20(10-6-18)24(2,3)4/h5-12,17H,13-16H2,1-4H3,(H,25,27). The second-order valence-corrected chi connectivity index (χ2v) is 8.83. The van der Waals surface area contributed by atoms with Crippen molar-refractivity contribution in [2.45, 2.75) is 46.0 Å². The topological polar surface area (TPSA) is 49.4 Å². The third-order valence-electron chi connectivity index (χ3n) is 5.47. The predicted molar refractivity (Wildman–Crippen MR) is 114 cm³/mol. The van der Waals surface area contributed by atoms with Gasteiger partial charge in [0, 0.05) is 29.9 Å². The van der Waals surface area contributed by atoms with E-state index in [2.05, 4.69) is 33.0 Å². The Morgan fingerprint density at radius 1 is 0.893 bits per heavy atom. The van der Waals surface area contributed by atoms with Gasteiger partial charge < -0.3 is 10.2 Å². The molecule has 4 nitrogen and oxygen atoms in total. The molecule has 0 saturated carbocycles. The van der Waals surface area contributed by atoms with Crippen LogP contribution in [0, 0.1) is 5.92 Å². The highest BCUT2D eigenvalue weighted by Gasteiger charge is 2.21. The summed E-state index contributed by atoms with van der Waals surface area (Å²) in [7, 11) is 0. The van der Waals surface area contributed by atoms with E-state index in [-0.39, 0.29) is 17.2 Å². The van der Waals surface area contributed by atoms with Gasteiger partial charge in [-0.1, -0.05) is 39.8 Å². The second kappa shape index (κ2) is 8.17. The quantitative estimate of drug-likeness (QED) is 0.807. The average molecular weight is 379 g/mol. The maximum atomic E-state index is 12.6. The van der Waals surface area contributed by atoms with Crippen LogP contribution >= 0.6 is 0 Å². The number of benzene rings is 2. The third kappa shape index (κ3) is 4.80. The number of rotatable bonds is 3. The molecule has 28 heavy (non-hydrogen) atoms. The van der Waals surface area contributed by atoms with Crippen LogP contribution in [0.3, 0.4) is 0 Å². The van der Waals surface area contributed by atoms with E-state index in [9.17, 15) is 9.59 Å². The van der Waals surface area contributed by atoms with Crippen molar-refractivity contribution >= 4 is 17.5 Å². The molecule has 0 atom stereocenters. The van der Waals surface area contributed by atoms with Gasteiger partial charge in [-0.25, -0.2) is 0 Å². The molecule has 2 aromatic carbocycles. The van der Waals surface area contributed by atoms with E-state index >= 15 is 0 Å². The minimum absolute atomic E-state index is 0.0593. The summed E-state index contributed by atoms with van der Waals surface area (Å²) in [6, 6.07) is 14.9. The molecule has 0 spiro atoms. The summed E-state index contributed by atoms with van der Waals surface area (Å²) in [6.45, 7) is 10.3. The molecular weight excluding hydrogens is 348 g/mol. The van der Waals surface area contributed by atoms with Crippen LogP contribution in [0.4, 0.5) is 5.69 Å². The minimum Gasteiger partial charge on any atom is -0.339 e. The van der Waals surface area contributed by atoms with E-state index in [1.807, 2.05) is 29.2 Å². The Morgan fingerprint density at radius 3 is 1.96 bits per heavy atom. The first kappa shape index (κ1) is 20.1. The molecule has 148 valence electrons. The van der Waals surface area contributed by atoms with Crippen molar-refractivity contribution < 1.29 is 9.59 Å². The summed E-state index contributed by atoms with van der Waals surface area (Å²) >= 11 is 0. The molecule has 1 aliphatic rings. The number of hydrogen-bond donors (Lipinski definition) is 1. The van der Waals surface area contributed by atoms with E-state index in [0.29, 0.717) is 22.7 Å². The van der Waals surface area contributed by atoms with Crippen molar-refractivity contribution in [1.82, 2.24) is 4.90 Å². The van der Waals surface area contributed by atoms with Gasteiger partial charge in [0.2, 0.25) is 0 Å². The third-order valence-corrected chi connectivity index (χ3v) is 5.47. The van der Waals surface area contributed by atoms with Gasteiger partial charge in [0.15, 0.2) is 0 Å². The van der Waals surface area contributed by atoms with Crippen LogP contribution in [-0.4, -0.2) is 29.8 Å². The van der Waals surface area contributed by atoms with Gasteiger partial charge in [-0.15, -0.1) is 0 Å². The van der Waals surface area contributed by atoms with Crippen LogP contribution in [0.25, 0.3) is 0 Å². The molecule has 0 radical (unpaired) electrons. The lowest BCUT2D eigenvalue weighted by atomic mass is 9.87. The van der Waals surface area contributed by atoms with Gasteiger partial charge in [-0.05, 0) is 66.1 Å². The predicted octanol–water partition coefficient (Wildman–Crippen LogP) is 5.11. The van der Waals surface area contributed by atoms with E-state index in [1.165, 1.54) is 5.56 Å². The Morgan fingerprint density at radius 2 is 1.43 bits per heavy atom. The zero-order chi connectivity index (χ0) is 20.3. The molecular formula is C24H30N2O2. The Hall–Kier alpha value is -2.62. The van der Waals surface area contributed by atoms with Crippen molar-refractivity contribution in [2.75, 3.05) is 18.4 Å². The molecule has 3 rings (SSSR count). The number of nitrogens with one attached hydrogen (secondary N) is 1. The van der Waals surface area contributed by atoms with Crippen molar-refractivity contribution in [1.29, 1.82) is 0 Å². The first-order chi connectivity index (χ1) is 13.2. The Labute approximate surface area is 167 Å². The fourth-order valence-corrected chi connectivity index (χ4v) is 3.42. The zero-order valence-electron chi connectivity index (χ0n) is 17.3. The number of hydrogen-bond acceptors (Lipinski definition) is 2. The zero-order valence-corrected chi connectivity index (χ0v) is 17.3. The van der Waals surface area contributed by atoms with E-state index in [1.54, 1.807) is 24.3 Å². The first-order valence-electron chi connectivity index (χ1n) is 10.1. The molecule has 0 aliphatic carbocycles. The van der Waals surface area contributed by atoms with E-state index in [4.69, 9.17) is 0 Å². The summed E-state index contributed by atoms with van der Waals surface area (Å²) in [5.41, 5.74) is 3.23. The van der Waals surface area contributed by atoms with Crippen molar-refractivity contribution in [3.05, 3.63) is 65.2 Å². The molecule has 0 aromatic heterocycles. The van der Waals surface area contributed by atoms with E-state index < -0.39 is 0 Å². The van der Waals surface area contributed by atoms with E-state index in [0.717, 1.165) is 25.9 Å².